The number of carbonyl (C=O) groups is 1. The van der Waals surface area contributed by atoms with Gasteiger partial charge < -0.3 is 16.0 Å². The second-order valence-electron chi connectivity index (χ2n) is 5.32. The van der Waals surface area contributed by atoms with Crippen LogP contribution in [0.3, 0.4) is 0 Å². The minimum absolute atomic E-state index is 0.0517. The van der Waals surface area contributed by atoms with Crippen LogP contribution in [-0.4, -0.2) is 43.0 Å². The molecule has 0 bridgehead atoms. The van der Waals surface area contributed by atoms with Crippen molar-refractivity contribution in [1.29, 1.82) is 0 Å². The predicted molar refractivity (Wildman–Crippen MR) is 76.8 cm³/mol. The molecular formula is C15H23N3O. The molecule has 0 aromatic heterocycles. The van der Waals surface area contributed by atoms with Crippen LogP contribution in [0.1, 0.15) is 18.4 Å². The number of rotatable bonds is 5. The minimum atomic E-state index is -0.464. The van der Waals surface area contributed by atoms with Gasteiger partial charge in [0.2, 0.25) is 5.91 Å². The van der Waals surface area contributed by atoms with Crippen molar-refractivity contribution in [3.8, 4) is 0 Å². The van der Waals surface area contributed by atoms with Crippen LogP contribution in [0.25, 0.3) is 0 Å². The highest BCUT2D eigenvalue weighted by Gasteiger charge is 2.22. The van der Waals surface area contributed by atoms with Crippen molar-refractivity contribution in [2.75, 3.05) is 20.1 Å². The van der Waals surface area contributed by atoms with E-state index in [1.807, 2.05) is 30.3 Å². The van der Waals surface area contributed by atoms with E-state index in [9.17, 15) is 4.79 Å². The van der Waals surface area contributed by atoms with Gasteiger partial charge in [-0.25, -0.2) is 0 Å². The smallest absolute Gasteiger partial charge is 0.237 e. The first-order valence-corrected chi connectivity index (χ1v) is 6.94. The Kier molecular flexibility index (Phi) is 4.93. The highest BCUT2D eigenvalue weighted by atomic mass is 16.2. The summed E-state index contributed by atoms with van der Waals surface area (Å²) in [5, 5.41) is 2.97. The van der Waals surface area contributed by atoms with E-state index in [0.717, 1.165) is 18.5 Å². The van der Waals surface area contributed by atoms with Gasteiger partial charge in [0.15, 0.2) is 0 Å². The predicted octanol–water partition coefficient (Wildman–Crippen LogP) is 0.767. The maximum atomic E-state index is 12.0. The molecule has 1 saturated heterocycles. The number of likely N-dealkylation sites (N-methyl/N-ethyl adjacent to an activating group) is 1. The summed E-state index contributed by atoms with van der Waals surface area (Å²) in [7, 11) is 2.10. The lowest BCUT2D eigenvalue weighted by molar-refractivity contribution is -0.122. The van der Waals surface area contributed by atoms with Crippen molar-refractivity contribution in [1.82, 2.24) is 10.2 Å². The third-order valence-electron chi connectivity index (χ3n) is 3.82. The van der Waals surface area contributed by atoms with E-state index >= 15 is 0 Å². The second kappa shape index (κ2) is 6.68. The van der Waals surface area contributed by atoms with Gasteiger partial charge >= 0.3 is 0 Å². The lowest BCUT2D eigenvalue weighted by Crippen LogP contribution is -2.46. The molecule has 0 radical (unpaired) electrons. The summed E-state index contributed by atoms with van der Waals surface area (Å²) in [6.07, 6.45) is 2.96. The van der Waals surface area contributed by atoms with E-state index in [1.165, 1.54) is 6.42 Å². The van der Waals surface area contributed by atoms with Crippen molar-refractivity contribution in [2.45, 2.75) is 31.3 Å². The van der Waals surface area contributed by atoms with Crippen molar-refractivity contribution in [2.24, 2.45) is 5.73 Å². The standard InChI is InChI=1S/C15H23N3O/c1-18-9-5-8-13(18)11-17-15(19)14(16)10-12-6-3-2-4-7-12/h2-4,6-7,13-14H,5,8-11,16H2,1H3,(H,17,19)/t13?,14-/m1/s1. The summed E-state index contributed by atoms with van der Waals surface area (Å²) >= 11 is 0. The quantitative estimate of drug-likeness (QED) is 0.823. The van der Waals surface area contributed by atoms with Crippen LogP contribution in [0.15, 0.2) is 30.3 Å². The summed E-state index contributed by atoms with van der Waals surface area (Å²) in [6, 6.07) is 9.89. The zero-order chi connectivity index (χ0) is 13.7. The average molecular weight is 261 g/mol. The molecule has 0 saturated carbocycles. The van der Waals surface area contributed by atoms with Crippen LogP contribution in [0.2, 0.25) is 0 Å². The molecule has 1 aliphatic heterocycles. The van der Waals surface area contributed by atoms with Crippen molar-refractivity contribution >= 4 is 5.91 Å². The number of nitrogens with zero attached hydrogens (tertiary/aromatic N) is 1. The molecule has 1 fully saturated rings. The first kappa shape index (κ1) is 14.0. The number of nitrogens with one attached hydrogen (secondary N) is 1. The first-order valence-electron chi connectivity index (χ1n) is 6.94. The number of nitrogens with two attached hydrogens (primary N) is 1. The Labute approximate surface area is 115 Å². The van der Waals surface area contributed by atoms with Crippen LogP contribution >= 0.6 is 0 Å². The molecule has 1 heterocycles. The summed E-state index contributed by atoms with van der Waals surface area (Å²) < 4.78 is 0. The Morgan fingerprint density at radius 2 is 2.21 bits per heavy atom. The Morgan fingerprint density at radius 1 is 1.47 bits per heavy atom. The fourth-order valence-corrected chi connectivity index (χ4v) is 2.55. The van der Waals surface area contributed by atoms with Gasteiger partial charge in [-0.3, -0.25) is 4.79 Å². The van der Waals surface area contributed by atoms with Gasteiger partial charge in [0.1, 0.15) is 0 Å². The molecule has 2 rings (SSSR count). The number of hydrogen-bond donors (Lipinski definition) is 2. The van der Waals surface area contributed by atoms with E-state index in [4.69, 9.17) is 5.73 Å². The molecule has 4 heteroatoms. The Balaban J connectivity index is 1.76. The molecule has 4 nitrogen and oxygen atoms in total. The number of likely N-dealkylation sites (tertiary alicyclic amines) is 1. The maximum Gasteiger partial charge on any atom is 0.237 e. The van der Waals surface area contributed by atoms with Crippen LogP contribution in [0, 0.1) is 0 Å². The summed E-state index contributed by atoms with van der Waals surface area (Å²) in [5.74, 6) is -0.0517. The van der Waals surface area contributed by atoms with Crippen LogP contribution in [0.5, 0.6) is 0 Å². The molecule has 1 unspecified atom stereocenters. The van der Waals surface area contributed by atoms with Gasteiger partial charge in [0, 0.05) is 12.6 Å². The van der Waals surface area contributed by atoms with Gasteiger partial charge in [-0.05, 0) is 38.4 Å². The largest absolute Gasteiger partial charge is 0.353 e. The molecule has 2 atom stereocenters. The molecule has 1 amide bonds. The second-order valence-corrected chi connectivity index (χ2v) is 5.32. The lowest BCUT2D eigenvalue weighted by Gasteiger charge is -2.21. The Morgan fingerprint density at radius 3 is 2.84 bits per heavy atom. The molecule has 1 aliphatic rings. The van der Waals surface area contributed by atoms with Crippen molar-refractivity contribution < 1.29 is 4.79 Å². The first-order chi connectivity index (χ1) is 9.16. The molecule has 3 N–H and O–H groups in total. The van der Waals surface area contributed by atoms with Crippen LogP contribution in [-0.2, 0) is 11.2 Å². The number of carbonyl (C=O) groups excluding carboxylic acids is 1. The SMILES string of the molecule is CN1CCCC1CNC(=O)[C@H](N)Cc1ccccc1. The molecule has 1 aromatic rings. The van der Waals surface area contributed by atoms with E-state index < -0.39 is 6.04 Å². The third kappa shape index (κ3) is 4.04. The highest BCUT2D eigenvalue weighted by Crippen LogP contribution is 2.13. The fourth-order valence-electron chi connectivity index (χ4n) is 2.55. The summed E-state index contributed by atoms with van der Waals surface area (Å²) in [5.41, 5.74) is 7.04. The fraction of sp³-hybridized carbons (Fsp3) is 0.533. The molecule has 0 spiro atoms. The topological polar surface area (TPSA) is 58.4 Å². The monoisotopic (exact) mass is 261 g/mol. The molecule has 19 heavy (non-hydrogen) atoms. The Hall–Kier alpha value is -1.39. The van der Waals surface area contributed by atoms with Gasteiger partial charge in [0.05, 0.1) is 6.04 Å². The number of hydrogen-bond acceptors (Lipinski definition) is 3. The number of benzene rings is 1. The normalized spacial score (nSPS) is 21.3. The van der Waals surface area contributed by atoms with E-state index in [0.29, 0.717) is 19.0 Å². The zero-order valence-corrected chi connectivity index (χ0v) is 11.5. The van der Waals surface area contributed by atoms with E-state index in [1.54, 1.807) is 0 Å². The third-order valence-corrected chi connectivity index (χ3v) is 3.82. The molecule has 104 valence electrons. The van der Waals surface area contributed by atoms with Crippen molar-refractivity contribution in [3.05, 3.63) is 35.9 Å². The molecular weight excluding hydrogens is 238 g/mol. The number of amides is 1. The summed E-state index contributed by atoms with van der Waals surface area (Å²) in [6.45, 7) is 1.83. The zero-order valence-electron chi connectivity index (χ0n) is 11.5. The van der Waals surface area contributed by atoms with Gasteiger partial charge in [-0.2, -0.15) is 0 Å². The van der Waals surface area contributed by atoms with Crippen LogP contribution in [0.4, 0.5) is 0 Å². The highest BCUT2D eigenvalue weighted by molar-refractivity contribution is 5.81. The maximum absolute atomic E-state index is 12.0. The van der Waals surface area contributed by atoms with Gasteiger partial charge in [0.25, 0.3) is 0 Å². The Bertz CT molecular complexity index is 407. The molecule has 0 aliphatic carbocycles. The lowest BCUT2D eigenvalue weighted by atomic mass is 10.1. The van der Waals surface area contributed by atoms with Gasteiger partial charge in [-0.15, -0.1) is 0 Å². The summed E-state index contributed by atoms with van der Waals surface area (Å²) in [4.78, 5) is 14.3. The van der Waals surface area contributed by atoms with E-state index in [-0.39, 0.29) is 5.91 Å². The minimum Gasteiger partial charge on any atom is -0.353 e. The van der Waals surface area contributed by atoms with Crippen LogP contribution < -0.4 is 11.1 Å². The molecule has 1 aromatic carbocycles. The van der Waals surface area contributed by atoms with Gasteiger partial charge in [-0.1, -0.05) is 30.3 Å². The van der Waals surface area contributed by atoms with Crippen molar-refractivity contribution in [3.63, 3.8) is 0 Å². The average Bonchev–Trinajstić information content (AvgIpc) is 2.82. The van der Waals surface area contributed by atoms with E-state index in [2.05, 4.69) is 17.3 Å².